The maximum atomic E-state index is 11.3. The molecule has 1 rings (SSSR count). The Morgan fingerprint density at radius 3 is 2.53 bits per heavy atom. The van der Waals surface area contributed by atoms with Crippen molar-refractivity contribution >= 4 is 26.4 Å². The van der Waals surface area contributed by atoms with E-state index in [1.54, 1.807) is 0 Å². The number of aliphatic carboxylic acids is 1. The Morgan fingerprint density at radius 1 is 1.27 bits per heavy atom. The van der Waals surface area contributed by atoms with Crippen molar-refractivity contribution < 1.29 is 19.4 Å². The number of carboxylic acid groups (broad SMARTS) is 1. The van der Waals surface area contributed by atoms with E-state index in [2.05, 4.69) is 3.86 Å². The van der Waals surface area contributed by atoms with Crippen molar-refractivity contribution in [3.05, 3.63) is 0 Å². The van der Waals surface area contributed by atoms with E-state index in [0.29, 0.717) is 0 Å². The number of hydrogen-bond acceptors (Lipinski definition) is 4. The number of hydrogen-bond donors (Lipinski definition) is 1. The van der Waals surface area contributed by atoms with Gasteiger partial charge in [-0.1, -0.05) is 0 Å². The number of ether oxygens (including phenoxy) is 1. The van der Waals surface area contributed by atoms with E-state index in [9.17, 15) is 9.59 Å². The van der Waals surface area contributed by atoms with Gasteiger partial charge in [0, 0.05) is 0 Å². The summed E-state index contributed by atoms with van der Waals surface area (Å²) in [4.78, 5) is 21.4. The summed E-state index contributed by atoms with van der Waals surface area (Å²) >= 11 is -1.42. The van der Waals surface area contributed by atoms with Crippen molar-refractivity contribution in [3.63, 3.8) is 0 Å². The number of carboxylic acids is 1. The van der Waals surface area contributed by atoms with Gasteiger partial charge in [0.2, 0.25) is 0 Å². The Balaban J connectivity index is 2.09. The van der Waals surface area contributed by atoms with E-state index in [4.69, 9.17) is 9.84 Å². The van der Waals surface area contributed by atoms with Crippen molar-refractivity contribution in [2.75, 3.05) is 19.7 Å². The van der Waals surface area contributed by atoms with Gasteiger partial charge < -0.3 is 0 Å². The zero-order valence-electron chi connectivity index (χ0n) is 8.78. The Hall–Kier alpha value is -0.557. The molecule has 0 radical (unpaired) electrons. The second-order valence-electron chi connectivity index (χ2n) is 3.70. The molecule has 0 aliphatic carbocycles. The van der Waals surface area contributed by atoms with Crippen LogP contribution in [-0.4, -0.2) is 55.1 Å². The van der Waals surface area contributed by atoms with Crippen molar-refractivity contribution in [1.29, 1.82) is 0 Å². The quantitative estimate of drug-likeness (QED) is 0.725. The average Bonchev–Trinajstić information content (AvgIpc) is 2.18. The van der Waals surface area contributed by atoms with Crippen LogP contribution in [0.2, 0.25) is 0 Å². The predicted octanol–water partition coefficient (Wildman–Crippen LogP) is 0.167. The molecule has 0 spiro atoms. The normalized spacial score (nSPS) is 18.1. The van der Waals surface area contributed by atoms with Crippen molar-refractivity contribution in [2.24, 2.45) is 0 Å². The predicted molar refractivity (Wildman–Crippen MR) is 57.6 cm³/mol. The van der Waals surface area contributed by atoms with Gasteiger partial charge >= 0.3 is 95.1 Å². The fourth-order valence-electron chi connectivity index (χ4n) is 1.60. The molecule has 6 heteroatoms. The van der Waals surface area contributed by atoms with Crippen LogP contribution < -0.4 is 0 Å². The van der Waals surface area contributed by atoms with E-state index in [1.165, 1.54) is 19.3 Å². The third kappa shape index (κ3) is 5.79. The van der Waals surface area contributed by atoms with Gasteiger partial charge in [-0.3, -0.25) is 0 Å². The number of piperidine rings is 1. The monoisotopic (exact) mass is 277 g/mol. The minimum absolute atomic E-state index is 0.0211. The molecule has 0 aromatic rings. The van der Waals surface area contributed by atoms with Crippen LogP contribution in [0.25, 0.3) is 0 Å². The summed E-state index contributed by atoms with van der Waals surface area (Å²) in [6, 6.07) is 0. The summed E-state index contributed by atoms with van der Waals surface area (Å²) in [5.74, 6) is -0.923. The molecule has 1 N–H and O–H groups in total. The molecule has 0 bridgehead atoms. The van der Waals surface area contributed by atoms with Gasteiger partial charge in [-0.25, -0.2) is 0 Å². The fraction of sp³-hybridized carbons (Fsp3) is 0.778. The number of carbonyl (C=O) groups is 2. The van der Waals surface area contributed by atoms with Crippen LogP contribution in [0, 0.1) is 0 Å². The van der Waals surface area contributed by atoms with Crippen LogP contribution in [-0.2, 0) is 9.53 Å². The van der Waals surface area contributed by atoms with E-state index in [1.807, 2.05) is 0 Å². The van der Waals surface area contributed by atoms with Crippen molar-refractivity contribution in [2.45, 2.75) is 25.7 Å². The number of carbonyl (C=O) groups excluding carboxylic acids is 1. The van der Waals surface area contributed by atoms with Crippen LogP contribution in [0.1, 0.15) is 25.7 Å². The SMILES string of the molecule is O=C(O)CCO[C](=O)[GeH2][N]1CCCCC1. The molecule has 1 aliphatic heterocycles. The zero-order valence-corrected chi connectivity index (χ0v) is 11.7. The molecular formula is C9H17GeNO4. The van der Waals surface area contributed by atoms with Gasteiger partial charge in [0.1, 0.15) is 0 Å². The van der Waals surface area contributed by atoms with Crippen LogP contribution in [0.15, 0.2) is 0 Å². The van der Waals surface area contributed by atoms with Crippen LogP contribution in [0.5, 0.6) is 0 Å². The molecular weight excluding hydrogens is 259 g/mol. The molecule has 0 atom stereocenters. The second-order valence-corrected chi connectivity index (χ2v) is 7.45. The first-order valence-corrected chi connectivity index (χ1v) is 8.09. The van der Waals surface area contributed by atoms with Crippen molar-refractivity contribution in [3.8, 4) is 0 Å². The van der Waals surface area contributed by atoms with Gasteiger partial charge in [0.15, 0.2) is 0 Å². The molecule has 1 saturated heterocycles. The topological polar surface area (TPSA) is 66.8 Å². The third-order valence-corrected chi connectivity index (χ3v) is 5.62. The molecule has 0 unspecified atom stereocenters. The average molecular weight is 276 g/mol. The Bertz CT molecular complexity index is 228. The number of rotatable bonds is 5. The molecule has 0 aromatic carbocycles. The van der Waals surface area contributed by atoms with Crippen molar-refractivity contribution in [1.82, 2.24) is 3.86 Å². The van der Waals surface area contributed by atoms with Crippen LogP contribution in [0.3, 0.4) is 0 Å². The molecule has 1 aliphatic rings. The minimum atomic E-state index is -1.42. The molecule has 0 saturated carbocycles. The molecule has 15 heavy (non-hydrogen) atoms. The third-order valence-electron chi connectivity index (χ3n) is 2.38. The van der Waals surface area contributed by atoms with Gasteiger partial charge in [-0.2, -0.15) is 0 Å². The summed E-state index contributed by atoms with van der Waals surface area (Å²) in [5, 5.41) is 8.36. The van der Waals surface area contributed by atoms with E-state index in [0.717, 1.165) is 13.1 Å². The first kappa shape index (κ1) is 12.5. The van der Waals surface area contributed by atoms with E-state index < -0.39 is 21.6 Å². The Morgan fingerprint density at radius 2 is 1.93 bits per heavy atom. The van der Waals surface area contributed by atoms with E-state index in [-0.39, 0.29) is 17.8 Å². The standard InChI is InChI=1S/C9H17GeNO4/c12-8(13)4-7-15-9(14)10-11-5-2-1-3-6-11/h1-7,10H2,(H,12,13). The Kier molecular flexibility index (Phi) is 5.71. The summed E-state index contributed by atoms with van der Waals surface area (Å²) in [5.41, 5.74) is 0. The number of nitrogens with zero attached hydrogens (tertiary/aromatic N) is 1. The molecule has 0 aromatic heterocycles. The second kappa shape index (κ2) is 6.84. The molecule has 5 nitrogen and oxygen atoms in total. The van der Waals surface area contributed by atoms with E-state index >= 15 is 0 Å². The molecule has 1 heterocycles. The van der Waals surface area contributed by atoms with Crippen LogP contribution in [0.4, 0.5) is 4.79 Å². The summed E-state index contributed by atoms with van der Waals surface area (Å²) in [6.07, 6.45) is 3.52. The summed E-state index contributed by atoms with van der Waals surface area (Å²) < 4.78 is 7.11. The maximum absolute atomic E-state index is 11.3. The van der Waals surface area contributed by atoms with Gasteiger partial charge in [0.25, 0.3) is 0 Å². The first-order chi connectivity index (χ1) is 7.18. The molecule has 86 valence electrons. The van der Waals surface area contributed by atoms with Gasteiger partial charge in [-0.05, 0) is 0 Å². The zero-order chi connectivity index (χ0) is 11.1. The molecule has 0 amide bonds. The first-order valence-electron chi connectivity index (χ1n) is 5.28. The summed E-state index contributed by atoms with van der Waals surface area (Å²) in [7, 11) is 0. The van der Waals surface area contributed by atoms with Gasteiger partial charge in [-0.15, -0.1) is 0 Å². The van der Waals surface area contributed by atoms with Crippen LogP contribution >= 0.6 is 0 Å². The molecule has 1 fully saturated rings. The fourth-order valence-corrected chi connectivity index (χ4v) is 4.46. The summed E-state index contributed by atoms with van der Waals surface area (Å²) in [6.45, 7) is 2.06. The van der Waals surface area contributed by atoms with Gasteiger partial charge in [0.05, 0.1) is 0 Å². The Labute approximate surface area is 95.5 Å².